The molecule has 2 aromatic heterocycles. The molecule has 4 rings (SSSR count). The third-order valence-electron chi connectivity index (χ3n) is 4.89. The van der Waals surface area contributed by atoms with Gasteiger partial charge in [0.15, 0.2) is 0 Å². The lowest BCUT2D eigenvalue weighted by atomic mass is 10.0. The SMILES string of the molecule is CN(C)C(=O)[C@H](OC(=O)c1cc(-c2cccnc2)nc2ccccc12)c1ccccc1. The van der Waals surface area contributed by atoms with Gasteiger partial charge in [0.1, 0.15) is 0 Å². The zero-order chi connectivity index (χ0) is 21.8. The van der Waals surface area contributed by atoms with Crippen molar-refractivity contribution in [1.29, 1.82) is 0 Å². The molecule has 1 atom stereocenters. The molecule has 0 fully saturated rings. The van der Waals surface area contributed by atoms with E-state index in [0.717, 1.165) is 5.56 Å². The Bertz CT molecular complexity index is 1220. The number of pyridine rings is 2. The van der Waals surface area contributed by atoms with Gasteiger partial charge in [-0.3, -0.25) is 9.78 Å². The molecule has 2 aromatic carbocycles. The van der Waals surface area contributed by atoms with Crippen molar-refractivity contribution in [3.63, 3.8) is 0 Å². The molecule has 4 aromatic rings. The highest BCUT2D eigenvalue weighted by atomic mass is 16.5. The second-order valence-electron chi connectivity index (χ2n) is 7.24. The molecule has 0 aliphatic heterocycles. The summed E-state index contributed by atoms with van der Waals surface area (Å²) in [6.45, 7) is 0. The molecule has 0 saturated carbocycles. The second kappa shape index (κ2) is 8.75. The van der Waals surface area contributed by atoms with E-state index in [0.29, 0.717) is 27.7 Å². The van der Waals surface area contributed by atoms with Crippen LogP contribution < -0.4 is 0 Å². The number of ether oxygens (including phenoxy) is 1. The summed E-state index contributed by atoms with van der Waals surface area (Å²) in [5, 5.41) is 0.657. The molecule has 0 aliphatic rings. The first-order chi connectivity index (χ1) is 15.0. The Morgan fingerprint density at radius 1 is 0.935 bits per heavy atom. The summed E-state index contributed by atoms with van der Waals surface area (Å²) >= 11 is 0. The Labute approximate surface area is 180 Å². The number of benzene rings is 2. The van der Waals surface area contributed by atoms with Gasteiger partial charge in [-0.05, 0) is 24.3 Å². The van der Waals surface area contributed by atoms with Crippen LogP contribution in [0, 0.1) is 0 Å². The van der Waals surface area contributed by atoms with Gasteiger partial charge in [-0.1, -0.05) is 48.5 Å². The molecule has 0 saturated heterocycles. The molecule has 0 unspecified atom stereocenters. The van der Waals surface area contributed by atoms with Crippen molar-refractivity contribution in [2.75, 3.05) is 14.1 Å². The third kappa shape index (κ3) is 4.28. The van der Waals surface area contributed by atoms with Crippen molar-refractivity contribution >= 4 is 22.8 Å². The summed E-state index contributed by atoms with van der Waals surface area (Å²) in [7, 11) is 3.27. The summed E-state index contributed by atoms with van der Waals surface area (Å²) in [4.78, 5) is 36.3. The third-order valence-corrected chi connectivity index (χ3v) is 4.89. The Kier molecular flexibility index (Phi) is 5.71. The molecule has 6 nitrogen and oxygen atoms in total. The van der Waals surface area contributed by atoms with Crippen molar-refractivity contribution in [2.24, 2.45) is 0 Å². The molecule has 0 aliphatic carbocycles. The second-order valence-corrected chi connectivity index (χ2v) is 7.24. The minimum Gasteiger partial charge on any atom is -0.444 e. The Morgan fingerprint density at radius 2 is 1.68 bits per heavy atom. The molecule has 0 spiro atoms. The molecule has 0 radical (unpaired) electrons. The van der Waals surface area contributed by atoms with E-state index in [9.17, 15) is 9.59 Å². The number of carbonyl (C=O) groups is 2. The predicted molar refractivity (Wildman–Crippen MR) is 118 cm³/mol. The highest BCUT2D eigenvalue weighted by molar-refractivity contribution is 6.05. The smallest absolute Gasteiger partial charge is 0.340 e. The maximum Gasteiger partial charge on any atom is 0.340 e. The van der Waals surface area contributed by atoms with Crippen molar-refractivity contribution in [3.8, 4) is 11.3 Å². The van der Waals surface area contributed by atoms with Crippen LogP contribution in [-0.4, -0.2) is 40.8 Å². The molecule has 0 bridgehead atoms. The van der Waals surface area contributed by atoms with Crippen LogP contribution in [0.1, 0.15) is 22.0 Å². The fourth-order valence-corrected chi connectivity index (χ4v) is 3.30. The Balaban J connectivity index is 1.78. The minimum absolute atomic E-state index is 0.314. The van der Waals surface area contributed by atoms with Gasteiger partial charge < -0.3 is 9.64 Å². The van der Waals surface area contributed by atoms with Crippen LogP contribution in [0.3, 0.4) is 0 Å². The first-order valence-corrected chi connectivity index (χ1v) is 9.82. The van der Waals surface area contributed by atoms with E-state index in [-0.39, 0.29) is 5.91 Å². The van der Waals surface area contributed by atoms with E-state index >= 15 is 0 Å². The van der Waals surface area contributed by atoms with Gasteiger partial charge >= 0.3 is 5.97 Å². The summed E-state index contributed by atoms with van der Waals surface area (Å²) in [6.07, 6.45) is 2.32. The average Bonchev–Trinajstić information content (AvgIpc) is 2.82. The number of likely N-dealkylation sites (N-methyl/N-ethyl adjacent to an activating group) is 1. The van der Waals surface area contributed by atoms with E-state index in [2.05, 4.69) is 9.97 Å². The van der Waals surface area contributed by atoms with Gasteiger partial charge in [-0.25, -0.2) is 9.78 Å². The Morgan fingerprint density at radius 3 is 2.39 bits per heavy atom. The molecule has 31 heavy (non-hydrogen) atoms. The van der Waals surface area contributed by atoms with Gasteiger partial charge in [0.05, 0.1) is 16.8 Å². The molecule has 0 N–H and O–H groups in total. The van der Waals surface area contributed by atoms with Gasteiger partial charge in [-0.2, -0.15) is 0 Å². The number of aromatic nitrogens is 2. The fourth-order valence-electron chi connectivity index (χ4n) is 3.30. The monoisotopic (exact) mass is 411 g/mol. The van der Waals surface area contributed by atoms with Crippen LogP contribution in [-0.2, 0) is 9.53 Å². The van der Waals surface area contributed by atoms with Crippen molar-refractivity contribution in [2.45, 2.75) is 6.10 Å². The van der Waals surface area contributed by atoms with Crippen molar-refractivity contribution in [3.05, 3.63) is 96.3 Å². The maximum absolute atomic E-state index is 13.3. The van der Waals surface area contributed by atoms with Crippen LogP contribution in [0.5, 0.6) is 0 Å². The normalized spacial score (nSPS) is 11.7. The van der Waals surface area contributed by atoms with Crippen molar-refractivity contribution < 1.29 is 14.3 Å². The molecule has 1 amide bonds. The van der Waals surface area contributed by atoms with Crippen LogP contribution >= 0.6 is 0 Å². The van der Waals surface area contributed by atoms with E-state index in [1.165, 1.54) is 4.90 Å². The molecular formula is C25H21N3O3. The summed E-state index contributed by atoms with van der Waals surface area (Å²) in [5.41, 5.74) is 3.00. The number of hydrogen-bond donors (Lipinski definition) is 0. The zero-order valence-corrected chi connectivity index (χ0v) is 17.2. The molecule has 6 heteroatoms. The average molecular weight is 411 g/mol. The summed E-state index contributed by atoms with van der Waals surface area (Å²) < 4.78 is 5.77. The molecular weight excluding hydrogens is 390 g/mol. The molecule has 2 heterocycles. The number of carbonyl (C=O) groups excluding carboxylic acids is 2. The lowest BCUT2D eigenvalue weighted by Crippen LogP contribution is -2.31. The summed E-state index contributed by atoms with van der Waals surface area (Å²) in [6, 6.07) is 21.7. The van der Waals surface area contributed by atoms with Crippen LogP contribution in [0.25, 0.3) is 22.2 Å². The number of hydrogen-bond acceptors (Lipinski definition) is 5. The lowest BCUT2D eigenvalue weighted by molar-refractivity contribution is -0.138. The lowest BCUT2D eigenvalue weighted by Gasteiger charge is -2.21. The van der Waals surface area contributed by atoms with E-state index < -0.39 is 12.1 Å². The minimum atomic E-state index is -1.04. The number of rotatable bonds is 5. The largest absolute Gasteiger partial charge is 0.444 e. The Hall–Kier alpha value is -4.06. The summed E-state index contributed by atoms with van der Waals surface area (Å²) in [5.74, 6) is -0.904. The number of esters is 1. The van der Waals surface area contributed by atoms with E-state index in [4.69, 9.17) is 4.74 Å². The van der Waals surface area contributed by atoms with Gasteiger partial charge in [0.2, 0.25) is 6.10 Å². The number of nitrogens with zero attached hydrogens (tertiary/aromatic N) is 3. The van der Waals surface area contributed by atoms with Crippen LogP contribution in [0.15, 0.2) is 85.2 Å². The highest BCUT2D eigenvalue weighted by Gasteiger charge is 2.28. The first-order valence-electron chi connectivity index (χ1n) is 9.82. The predicted octanol–water partition coefficient (Wildman–Crippen LogP) is 4.28. The number of amides is 1. The maximum atomic E-state index is 13.3. The van der Waals surface area contributed by atoms with Crippen LogP contribution in [0.4, 0.5) is 0 Å². The quantitative estimate of drug-likeness (QED) is 0.458. The van der Waals surface area contributed by atoms with Gasteiger partial charge in [0, 0.05) is 43.0 Å². The van der Waals surface area contributed by atoms with E-state index in [1.807, 2.05) is 42.5 Å². The van der Waals surface area contributed by atoms with Gasteiger partial charge in [-0.15, -0.1) is 0 Å². The zero-order valence-electron chi connectivity index (χ0n) is 17.2. The number of para-hydroxylation sites is 1. The first kappa shape index (κ1) is 20.2. The number of fused-ring (bicyclic) bond motifs is 1. The fraction of sp³-hybridized carbons (Fsp3) is 0.120. The van der Waals surface area contributed by atoms with Crippen LogP contribution in [0.2, 0.25) is 0 Å². The van der Waals surface area contributed by atoms with Gasteiger partial charge in [0.25, 0.3) is 5.91 Å². The van der Waals surface area contributed by atoms with E-state index in [1.54, 1.807) is 56.8 Å². The van der Waals surface area contributed by atoms with Crippen molar-refractivity contribution in [1.82, 2.24) is 14.9 Å². The highest BCUT2D eigenvalue weighted by Crippen LogP contribution is 2.27. The molecule has 154 valence electrons. The standard InChI is InChI=1S/C25H21N3O3/c1-28(2)24(29)23(17-9-4-3-5-10-17)31-25(30)20-15-22(18-11-8-14-26-16-18)27-21-13-7-6-12-19(20)21/h3-16,23H,1-2H3/t23-/m1/s1. The topological polar surface area (TPSA) is 72.4 Å².